The molecule has 2 heterocycles. The molecule has 1 aromatic heterocycles. The molecule has 1 fully saturated rings. The van der Waals surface area contributed by atoms with Gasteiger partial charge in [-0.05, 0) is 37.1 Å². The fourth-order valence-electron chi connectivity index (χ4n) is 2.48. The van der Waals surface area contributed by atoms with Gasteiger partial charge in [0.2, 0.25) is 0 Å². The molecule has 1 aliphatic heterocycles. The van der Waals surface area contributed by atoms with Crippen molar-refractivity contribution in [3.8, 4) is 0 Å². The first-order valence-corrected chi connectivity index (χ1v) is 7.38. The first-order chi connectivity index (χ1) is 10.2. The molecule has 1 aromatic carbocycles. The van der Waals surface area contributed by atoms with E-state index in [4.69, 9.17) is 18.0 Å². The Labute approximate surface area is 129 Å². The second kappa shape index (κ2) is 6.05. The third kappa shape index (κ3) is 3.11. The van der Waals surface area contributed by atoms with Gasteiger partial charge in [-0.2, -0.15) is 0 Å². The molecule has 0 amide bonds. The van der Waals surface area contributed by atoms with Gasteiger partial charge < -0.3 is 16.0 Å². The van der Waals surface area contributed by atoms with Crippen LogP contribution in [0.5, 0.6) is 0 Å². The van der Waals surface area contributed by atoms with Crippen LogP contribution in [0, 0.1) is 0 Å². The Balaban J connectivity index is 1.77. The predicted octanol–water partition coefficient (Wildman–Crippen LogP) is 2.45. The molecule has 0 aliphatic carbocycles. The Morgan fingerprint density at radius 2 is 1.76 bits per heavy atom. The van der Waals surface area contributed by atoms with E-state index in [0.717, 1.165) is 18.8 Å². The lowest BCUT2D eigenvalue weighted by molar-refractivity contribution is 0.949. The Morgan fingerprint density at radius 1 is 1.10 bits per heavy atom. The maximum atomic E-state index is 5.66. The third-order valence-corrected chi connectivity index (χ3v) is 3.73. The average molecular weight is 299 g/mol. The molecule has 0 radical (unpaired) electrons. The Kier molecular flexibility index (Phi) is 3.96. The summed E-state index contributed by atoms with van der Waals surface area (Å²) < 4.78 is 0. The summed E-state index contributed by atoms with van der Waals surface area (Å²) in [6.45, 7) is 2.28. The zero-order valence-corrected chi connectivity index (χ0v) is 12.4. The van der Waals surface area contributed by atoms with E-state index in [1.807, 2.05) is 12.1 Å². The summed E-state index contributed by atoms with van der Waals surface area (Å²) in [7, 11) is 0. The van der Waals surface area contributed by atoms with Crippen LogP contribution in [0.25, 0.3) is 0 Å². The first-order valence-electron chi connectivity index (χ1n) is 6.97. The van der Waals surface area contributed by atoms with Gasteiger partial charge in [-0.15, -0.1) is 0 Å². The number of hydrogen-bond acceptors (Lipinski definition) is 5. The molecule has 21 heavy (non-hydrogen) atoms. The SMILES string of the molecule is NC(=S)c1nccnc1Nc1ccc(N2CCCC2)cc1. The number of aromatic nitrogens is 2. The average Bonchev–Trinajstić information content (AvgIpc) is 3.03. The van der Waals surface area contributed by atoms with Gasteiger partial charge in [0, 0.05) is 36.9 Å². The minimum Gasteiger partial charge on any atom is -0.388 e. The number of thiocarbonyl (C=S) groups is 1. The van der Waals surface area contributed by atoms with E-state index in [9.17, 15) is 0 Å². The number of benzene rings is 1. The number of anilines is 3. The number of rotatable bonds is 4. The first kappa shape index (κ1) is 13.8. The van der Waals surface area contributed by atoms with Gasteiger partial charge in [0.15, 0.2) is 5.82 Å². The second-order valence-electron chi connectivity index (χ2n) is 4.98. The fourth-order valence-corrected chi connectivity index (χ4v) is 2.63. The van der Waals surface area contributed by atoms with Crippen molar-refractivity contribution in [1.82, 2.24) is 9.97 Å². The van der Waals surface area contributed by atoms with Gasteiger partial charge >= 0.3 is 0 Å². The van der Waals surface area contributed by atoms with Gasteiger partial charge in [0.25, 0.3) is 0 Å². The molecule has 0 saturated carbocycles. The largest absolute Gasteiger partial charge is 0.388 e. The van der Waals surface area contributed by atoms with Crippen LogP contribution in [0.15, 0.2) is 36.7 Å². The van der Waals surface area contributed by atoms with Gasteiger partial charge in [0.05, 0.1) is 0 Å². The molecule has 0 atom stereocenters. The summed E-state index contributed by atoms with van der Waals surface area (Å²) in [5.74, 6) is 0.582. The van der Waals surface area contributed by atoms with Crippen molar-refractivity contribution >= 4 is 34.4 Å². The summed E-state index contributed by atoms with van der Waals surface area (Å²) in [6.07, 6.45) is 5.74. The summed E-state index contributed by atoms with van der Waals surface area (Å²) in [4.78, 5) is 11.0. The van der Waals surface area contributed by atoms with Crippen LogP contribution >= 0.6 is 12.2 Å². The quantitative estimate of drug-likeness (QED) is 0.845. The number of nitrogens with two attached hydrogens (primary N) is 1. The smallest absolute Gasteiger partial charge is 0.159 e. The normalized spacial score (nSPS) is 14.2. The monoisotopic (exact) mass is 299 g/mol. The van der Waals surface area contributed by atoms with Crippen molar-refractivity contribution in [2.45, 2.75) is 12.8 Å². The number of hydrogen-bond donors (Lipinski definition) is 2. The van der Waals surface area contributed by atoms with E-state index in [2.05, 4.69) is 32.3 Å². The van der Waals surface area contributed by atoms with Gasteiger partial charge in [-0.25, -0.2) is 9.97 Å². The Bertz CT molecular complexity index is 635. The lowest BCUT2D eigenvalue weighted by Gasteiger charge is -2.18. The topological polar surface area (TPSA) is 67.1 Å². The summed E-state index contributed by atoms with van der Waals surface area (Å²) in [5.41, 5.74) is 8.36. The Hall–Kier alpha value is -2.21. The molecule has 3 N–H and O–H groups in total. The van der Waals surface area contributed by atoms with Crippen LogP contribution in [0.4, 0.5) is 17.2 Å². The van der Waals surface area contributed by atoms with Gasteiger partial charge in [0.1, 0.15) is 10.7 Å². The summed E-state index contributed by atoms with van der Waals surface area (Å²) in [6, 6.07) is 8.30. The molecule has 6 heteroatoms. The number of nitrogens with one attached hydrogen (secondary N) is 1. The highest BCUT2D eigenvalue weighted by molar-refractivity contribution is 7.80. The summed E-state index contributed by atoms with van der Waals surface area (Å²) in [5, 5.41) is 3.21. The standard InChI is InChI=1S/C15H17N5S/c16-14(21)13-15(18-8-7-17-13)19-11-3-5-12(6-4-11)20-9-1-2-10-20/h3-8H,1-2,9-10H2,(H2,16,21)(H,18,19). The van der Waals surface area contributed by atoms with E-state index < -0.39 is 0 Å². The molecule has 0 spiro atoms. The molecule has 3 rings (SSSR count). The van der Waals surface area contributed by atoms with Crippen LogP contribution in [-0.4, -0.2) is 28.0 Å². The molecular formula is C15H17N5S. The molecular weight excluding hydrogens is 282 g/mol. The highest BCUT2D eigenvalue weighted by Gasteiger charge is 2.12. The van der Waals surface area contributed by atoms with Crippen LogP contribution < -0.4 is 16.0 Å². The van der Waals surface area contributed by atoms with Crippen molar-refractivity contribution < 1.29 is 0 Å². The van der Waals surface area contributed by atoms with Crippen LogP contribution in [0.2, 0.25) is 0 Å². The van der Waals surface area contributed by atoms with E-state index in [0.29, 0.717) is 11.5 Å². The Morgan fingerprint density at radius 3 is 2.43 bits per heavy atom. The van der Waals surface area contributed by atoms with E-state index in [1.54, 1.807) is 12.4 Å². The van der Waals surface area contributed by atoms with E-state index >= 15 is 0 Å². The van der Waals surface area contributed by atoms with Crippen molar-refractivity contribution in [3.63, 3.8) is 0 Å². The lowest BCUT2D eigenvalue weighted by Crippen LogP contribution is -2.17. The number of nitrogens with zero attached hydrogens (tertiary/aromatic N) is 3. The third-order valence-electron chi connectivity index (χ3n) is 3.53. The second-order valence-corrected chi connectivity index (χ2v) is 5.42. The lowest BCUT2D eigenvalue weighted by atomic mass is 10.2. The van der Waals surface area contributed by atoms with Crippen LogP contribution in [0.3, 0.4) is 0 Å². The molecule has 2 aromatic rings. The van der Waals surface area contributed by atoms with Crippen LogP contribution in [0.1, 0.15) is 18.5 Å². The minimum atomic E-state index is 0.235. The zero-order valence-electron chi connectivity index (χ0n) is 11.6. The van der Waals surface area contributed by atoms with Gasteiger partial charge in [-0.3, -0.25) is 0 Å². The maximum absolute atomic E-state index is 5.66. The highest BCUT2D eigenvalue weighted by Crippen LogP contribution is 2.24. The molecule has 0 unspecified atom stereocenters. The highest BCUT2D eigenvalue weighted by atomic mass is 32.1. The van der Waals surface area contributed by atoms with E-state index in [1.165, 1.54) is 18.5 Å². The van der Waals surface area contributed by atoms with E-state index in [-0.39, 0.29) is 4.99 Å². The van der Waals surface area contributed by atoms with Crippen molar-refractivity contribution in [3.05, 3.63) is 42.4 Å². The van der Waals surface area contributed by atoms with Gasteiger partial charge in [-0.1, -0.05) is 12.2 Å². The fraction of sp³-hybridized carbons (Fsp3) is 0.267. The maximum Gasteiger partial charge on any atom is 0.159 e. The zero-order chi connectivity index (χ0) is 14.7. The van der Waals surface area contributed by atoms with Crippen LogP contribution in [-0.2, 0) is 0 Å². The summed E-state index contributed by atoms with van der Waals surface area (Å²) >= 11 is 4.99. The molecule has 0 bridgehead atoms. The van der Waals surface area contributed by atoms with Crippen molar-refractivity contribution in [2.75, 3.05) is 23.3 Å². The van der Waals surface area contributed by atoms with Crippen molar-refractivity contribution in [2.24, 2.45) is 5.73 Å². The molecule has 5 nitrogen and oxygen atoms in total. The molecule has 1 aliphatic rings. The molecule has 108 valence electrons. The van der Waals surface area contributed by atoms with Crippen molar-refractivity contribution in [1.29, 1.82) is 0 Å². The predicted molar refractivity (Wildman–Crippen MR) is 89.1 cm³/mol. The molecule has 1 saturated heterocycles. The minimum absolute atomic E-state index is 0.235.